The smallest absolute Gasteiger partial charge is 0.244 e. The molecule has 0 saturated carbocycles. The number of amides is 2. The first-order chi connectivity index (χ1) is 16.4. The third-order valence-electron chi connectivity index (χ3n) is 5.37. The van der Waals surface area contributed by atoms with Crippen molar-refractivity contribution in [3.05, 3.63) is 77.9 Å². The van der Waals surface area contributed by atoms with Crippen LogP contribution in [0.25, 0.3) is 0 Å². The molecule has 6 nitrogen and oxygen atoms in total. The number of hydrogen-bond acceptors (Lipinski definition) is 5. The number of para-hydroxylation sites is 1. The third kappa shape index (κ3) is 4.99. The van der Waals surface area contributed by atoms with Crippen LogP contribution in [-0.4, -0.2) is 32.6 Å². The van der Waals surface area contributed by atoms with Crippen LogP contribution >= 0.6 is 11.8 Å². The fourth-order valence-corrected chi connectivity index (χ4v) is 4.99. The van der Waals surface area contributed by atoms with E-state index in [0.717, 1.165) is 22.6 Å². The van der Waals surface area contributed by atoms with Gasteiger partial charge in [-0.25, -0.2) is 8.78 Å². The second-order valence-electron chi connectivity index (χ2n) is 7.54. The molecule has 1 atom stereocenters. The summed E-state index contributed by atoms with van der Waals surface area (Å²) in [7, 11) is 3.10. The summed E-state index contributed by atoms with van der Waals surface area (Å²) in [5.41, 5.74) is 1.32. The number of nitrogens with zero attached hydrogens (tertiary/aromatic N) is 1. The van der Waals surface area contributed by atoms with E-state index in [2.05, 4.69) is 5.32 Å². The van der Waals surface area contributed by atoms with E-state index >= 15 is 0 Å². The second kappa shape index (κ2) is 10.1. The lowest BCUT2D eigenvalue weighted by molar-refractivity contribution is -0.121. The number of carbonyl (C=O) groups is 2. The minimum Gasteiger partial charge on any atom is -0.493 e. The van der Waals surface area contributed by atoms with Gasteiger partial charge in [0.25, 0.3) is 0 Å². The van der Waals surface area contributed by atoms with Crippen molar-refractivity contribution in [2.75, 3.05) is 31.0 Å². The molecule has 0 aromatic heterocycles. The van der Waals surface area contributed by atoms with Gasteiger partial charge in [0.05, 0.1) is 25.6 Å². The van der Waals surface area contributed by atoms with Crippen molar-refractivity contribution in [3.63, 3.8) is 0 Å². The molecule has 34 heavy (non-hydrogen) atoms. The van der Waals surface area contributed by atoms with E-state index in [1.165, 1.54) is 16.7 Å². The zero-order valence-electron chi connectivity index (χ0n) is 18.5. The molecule has 1 aliphatic rings. The summed E-state index contributed by atoms with van der Waals surface area (Å²) in [5, 5.41) is 2.19. The Morgan fingerprint density at radius 1 is 1.06 bits per heavy atom. The molecule has 4 rings (SSSR count). The maximum Gasteiger partial charge on any atom is 0.244 e. The average molecular weight is 485 g/mol. The quantitative estimate of drug-likeness (QED) is 0.522. The van der Waals surface area contributed by atoms with E-state index in [9.17, 15) is 18.4 Å². The largest absolute Gasteiger partial charge is 0.493 e. The number of anilines is 2. The summed E-state index contributed by atoms with van der Waals surface area (Å²) in [4.78, 5) is 28.2. The van der Waals surface area contributed by atoms with Crippen molar-refractivity contribution in [1.29, 1.82) is 0 Å². The first kappa shape index (κ1) is 23.6. The van der Waals surface area contributed by atoms with Gasteiger partial charge in [-0.1, -0.05) is 18.2 Å². The number of carbonyl (C=O) groups excluding carboxylic acids is 2. The van der Waals surface area contributed by atoms with Crippen LogP contribution in [-0.2, 0) is 9.59 Å². The zero-order valence-corrected chi connectivity index (χ0v) is 19.3. The molecule has 9 heteroatoms. The first-order valence-corrected chi connectivity index (χ1v) is 11.3. The molecule has 0 saturated heterocycles. The Labute approximate surface area is 199 Å². The van der Waals surface area contributed by atoms with E-state index in [1.54, 1.807) is 32.4 Å². The highest BCUT2D eigenvalue weighted by atomic mass is 32.2. The number of benzene rings is 3. The van der Waals surface area contributed by atoms with Crippen LogP contribution in [0.1, 0.15) is 17.2 Å². The van der Waals surface area contributed by atoms with Gasteiger partial charge < -0.3 is 19.7 Å². The highest BCUT2D eigenvalue weighted by Gasteiger charge is 2.31. The van der Waals surface area contributed by atoms with Crippen molar-refractivity contribution in [2.45, 2.75) is 16.6 Å². The minimum absolute atomic E-state index is 0.132. The molecule has 3 aromatic carbocycles. The Balaban J connectivity index is 1.60. The Kier molecular flexibility index (Phi) is 7.02. The number of fused-ring (bicyclic) bond motifs is 1. The Hall–Kier alpha value is -3.59. The lowest BCUT2D eigenvalue weighted by Crippen LogP contribution is -2.38. The van der Waals surface area contributed by atoms with Crippen LogP contribution in [0.5, 0.6) is 11.5 Å². The van der Waals surface area contributed by atoms with E-state index in [0.29, 0.717) is 23.3 Å². The van der Waals surface area contributed by atoms with Crippen molar-refractivity contribution in [3.8, 4) is 11.5 Å². The average Bonchev–Trinajstić information content (AvgIpc) is 2.97. The van der Waals surface area contributed by atoms with E-state index in [-0.39, 0.29) is 29.8 Å². The summed E-state index contributed by atoms with van der Waals surface area (Å²) >= 11 is 1.51. The van der Waals surface area contributed by atoms with Gasteiger partial charge in [0.1, 0.15) is 18.2 Å². The Bertz CT molecular complexity index is 1240. The van der Waals surface area contributed by atoms with Crippen molar-refractivity contribution in [2.24, 2.45) is 0 Å². The molecule has 0 spiro atoms. The van der Waals surface area contributed by atoms with E-state index in [1.807, 2.05) is 24.3 Å². The van der Waals surface area contributed by atoms with Gasteiger partial charge in [-0.3, -0.25) is 9.59 Å². The predicted molar refractivity (Wildman–Crippen MR) is 127 cm³/mol. The normalized spacial score (nSPS) is 15.4. The van der Waals surface area contributed by atoms with Crippen molar-refractivity contribution in [1.82, 2.24) is 0 Å². The van der Waals surface area contributed by atoms with Crippen LogP contribution < -0.4 is 19.7 Å². The molecule has 1 aliphatic heterocycles. The molecule has 1 N–H and O–H groups in total. The number of hydrogen-bond donors (Lipinski definition) is 1. The monoisotopic (exact) mass is 484 g/mol. The van der Waals surface area contributed by atoms with Gasteiger partial charge in [-0.2, -0.15) is 0 Å². The maximum atomic E-state index is 14.0. The molecule has 0 radical (unpaired) electrons. The van der Waals surface area contributed by atoms with Crippen LogP contribution in [0.4, 0.5) is 20.2 Å². The van der Waals surface area contributed by atoms with Crippen molar-refractivity contribution >= 4 is 35.0 Å². The highest BCUT2D eigenvalue weighted by Crippen LogP contribution is 2.46. The number of rotatable bonds is 6. The molecule has 176 valence electrons. The fourth-order valence-electron chi connectivity index (χ4n) is 3.71. The van der Waals surface area contributed by atoms with E-state index in [4.69, 9.17) is 9.47 Å². The number of methoxy groups -OCH3 is 2. The molecule has 0 bridgehead atoms. The first-order valence-electron chi connectivity index (χ1n) is 10.4. The Morgan fingerprint density at radius 2 is 1.82 bits per heavy atom. The van der Waals surface area contributed by atoms with Gasteiger partial charge in [-0.05, 0) is 42.0 Å². The van der Waals surface area contributed by atoms with Crippen molar-refractivity contribution < 1.29 is 27.8 Å². The lowest BCUT2D eigenvalue weighted by atomic mass is 10.1. The molecule has 1 heterocycles. The second-order valence-corrected chi connectivity index (χ2v) is 8.79. The molecule has 3 aromatic rings. The van der Waals surface area contributed by atoms with Gasteiger partial charge in [0.2, 0.25) is 11.8 Å². The molecule has 0 fully saturated rings. The van der Waals surface area contributed by atoms with E-state index < -0.39 is 17.5 Å². The summed E-state index contributed by atoms with van der Waals surface area (Å²) in [6.45, 7) is -0.314. The number of thioether (sulfide) groups is 1. The molecule has 0 unspecified atom stereocenters. The molecule has 2 amide bonds. The summed E-state index contributed by atoms with van der Waals surface area (Å²) in [6.07, 6.45) is 0.132. The van der Waals surface area contributed by atoms with Gasteiger partial charge >= 0.3 is 0 Å². The SMILES string of the molecule is COc1ccc([C@H]2CC(=O)N(CC(=O)Nc3ccc(F)cc3F)c3ccccc3S2)cc1OC. The molecular formula is C25H22F2N2O4S. The van der Waals surface area contributed by atoms with Gasteiger partial charge in [0, 0.05) is 22.6 Å². The predicted octanol–water partition coefficient (Wildman–Crippen LogP) is 5.19. The Morgan fingerprint density at radius 3 is 2.56 bits per heavy atom. The van der Waals surface area contributed by atoms with Gasteiger partial charge in [0.15, 0.2) is 11.5 Å². The third-order valence-corrected chi connectivity index (χ3v) is 6.70. The lowest BCUT2D eigenvalue weighted by Gasteiger charge is -2.22. The minimum atomic E-state index is -0.889. The topological polar surface area (TPSA) is 67.9 Å². The standard InChI is InChI=1S/C25H22F2N2O4S/c1-32-20-10-7-15(11-21(20)33-2)23-13-25(31)29(19-5-3-4-6-22(19)34-23)14-24(30)28-18-9-8-16(26)12-17(18)27/h3-12,23H,13-14H2,1-2H3,(H,28,30)/t23-/m1/s1. The number of ether oxygens (including phenoxy) is 2. The summed E-state index contributed by atoms with van der Waals surface area (Å²) in [5.74, 6) is -1.34. The van der Waals surface area contributed by atoms with Crippen LogP contribution in [0.3, 0.4) is 0 Å². The molecular weight excluding hydrogens is 462 g/mol. The molecule has 0 aliphatic carbocycles. The number of nitrogens with one attached hydrogen (secondary N) is 1. The van der Waals surface area contributed by atoms with Crippen LogP contribution in [0.2, 0.25) is 0 Å². The summed E-state index contributed by atoms with van der Waals surface area (Å²) < 4.78 is 37.8. The van der Waals surface area contributed by atoms with Gasteiger partial charge in [-0.15, -0.1) is 11.8 Å². The fraction of sp³-hybridized carbons (Fsp3) is 0.200. The highest BCUT2D eigenvalue weighted by molar-refractivity contribution is 7.99. The maximum absolute atomic E-state index is 14.0. The van der Waals surface area contributed by atoms with Crippen LogP contribution in [0, 0.1) is 11.6 Å². The zero-order chi connectivity index (χ0) is 24.2. The van der Waals surface area contributed by atoms with Crippen LogP contribution in [0.15, 0.2) is 65.6 Å². The summed E-state index contributed by atoms with van der Waals surface area (Å²) in [6, 6.07) is 15.7. The number of halogens is 2.